The zero-order chi connectivity index (χ0) is 98.4. The molecular weight excluding hydrogens is 1760 g/mol. The van der Waals surface area contributed by atoms with Gasteiger partial charge >= 0.3 is 5.97 Å². The van der Waals surface area contributed by atoms with Crippen molar-refractivity contribution < 1.29 is 106 Å². The fourth-order valence-corrected chi connectivity index (χ4v) is 15.4. The molecule has 0 aromatic heterocycles. The summed E-state index contributed by atoms with van der Waals surface area (Å²) >= 11 is 0. The number of carbonyl (C=O) groups is 1. The van der Waals surface area contributed by atoms with Gasteiger partial charge in [-0.05, 0) is 207 Å². The number of sulfone groups is 1. The van der Waals surface area contributed by atoms with Gasteiger partial charge in [-0.25, -0.2) is 17.6 Å². The van der Waals surface area contributed by atoms with Crippen molar-refractivity contribution in [2.45, 2.75) is 64.2 Å². The highest BCUT2D eigenvalue weighted by Crippen LogP contribution is 2.37. The molecule has 0 saturated carbocycles. The van der Waals surface area contributed by atoms with Crippen LogP contribution in [0.25, 0.3) is 55.6 Å². The molecule has 22 nitrogen and oxygen atoms in total. The Bertz CT molecular complexity index is 6450. The molecule has 0 radical (unpaired) electrons. The molecule has 0 spiro atoms. The minimum Gasteiger partial charge on any atom is -0.504 e. The van der Waals surface area contributed by atoms with E-state index in [-0.39, 0.29) is 78.5 Å². The van der Waals surface area contributed by atoms with Crippen LogP contribution in [-0.2, 0) is 70.4 Å². The normalized spacial score (nSPS) is 14.1. The Balaban J connectivity index is 0.000000164. The van der Waals surface area contributed by atoms with Crippen molar-refractivity contribution >= 4 is 21.5 Å². The number of methoxy groups -OCH3 is 4. The van der Waals surface area contributed by atoms with Crippen molar-refractivity contribution in [3.63, 3.8) is 0 Å². The third-order valence-corrected chi connectivity index (χ3v) is 23.3. The van der Waals surface area contributed by atoms with Crippen molar-refractivity contribution in [1.82, 2.24) is 0 Å². The van der Waals surface area contributed by atoms with E-state index in [9.17, 15) is 63.6 Å². The van der Waals surface area contributed by atoms with E-state index in [1.165, 1.54) is 55.3 Å². The molecule has 137 heavy (non-hydrogen) atoms. The minimum absolute atomic E-state index is 0.0116. The number of rotatable bonds is 31. The summed E-state index contributed by atoms with van der Waals surface area (Å²) in [6, 6.07) is 77.0. The smallest absolute Gasteiger partial charge is 0.337 e. The highest BCUT2D eigenvalue weighted by atomic mass is 32.2. The largest absolute Gasteiger partial charge is 0.504 e. The lowest BCUT2D eigenvalue weighted by Gasteiger charge is -2.20. The average Bonchev–Trinajstić information content (AvgIpc) is 0.832. The molecule has 9 N–H and O–H groups in total. The van der Waals surface area contributed by atoms with Crippen molar-refractivity contribution in [3.8, 4) is 72.9 Å². The molecule has 5 aliphatic rings. The van der Waals surface area contributed by atoms with Gasteiger partial charge in [-0.3, -0.25) is 0 Å². The second-order valence-corrected chi connectivity index (χ2v) is 34.7. The zero-order valence-electron chi connectivity index (χ0n) is 77.7. The summed E-state index contributed by atoms with van der Waals surface area (Å²) in [6.07, 6.45) is 14.6. The first-order valence-electron chi connectivity index (χ1n) is 44.0. The van der Waals surface area contributed by atoms with Gasteiger partial charge in [-0.15, -0.1) is 0 Å². The number of esters is 1. The molecule has 10 aromatic rings. The van der Waals surface area contributed by atoms with Gasteiger partial charge in [0.05, 0.1) is 34.0 Å². The average molecular weight is 1870 g/mol. The van der Waals surface area contributed by atoms with E-state index >= 15 is 0 Å². The first kappa shape index (κ1) is 102. The molecule has 10 aromatic carbocycles. The number of hydrogen-bond donors (Lipinski definition) is 9. The van der Waals surface area contributed by atoms with Gasteiger partial charge in [0.15, 0.2) is 50.2 Å². The Morgan fingerprint density at radius 2 is 0.562 bits per heavy atom. The Morgan fingerprint density at radius 1 is 0.328 bits per heavy atom. The summed E-state index contributed by atoms with van der Waals surface area (Å²) in [4.78, 5) is 13.6. The number of aliphatic hydroxyl groups excluding tert-OH is 9. The van der Waals surface area contributed by atoms with Gasteiger partial charge in [0.2, 0.25) is 0 Å². The summed E-state index contributed by atoms with van der Waals surface area (Å²) in [5, 5.41) is 87.5. The van der Waals surface area contributed by atoms with Crippen LogP contribution in [0, 0.1) is 5.82 Å². The molecule has 0 saturated heterocycles. The van der Waals surface area contributed by atoms with E-state index in [4.69, 9.17) is 42.6 Å². The van der Waals surface area contributed by atoms with Crippen molar-refractivity contribution in [1.29, 1.82) is 0 Å². The van der Waals surface area contributed by atoms with Crippen LogP contribution in [0.2, 0.25) is 0 Å². The van der Waals surface area contributed by atoms with Crippen LogP contribution in [0.4, 0.5) is 10.1 Å². The fourth-order valence-electron chi connectivity index (χ4n) is 14.8. The summed E-state index contributed by atoms with van der Waals surface area (Å²) < 4.78 is 84.6. The van der Waals surface area contributed by atoms with Crippen LogP contribution >= 0.6 is 0 Å². The predicted octanol–water partition coefficient (Wildman–Crippen LogP) is 22.7. The van der Waals surface area contributed by atoms with Crippen LogP contribution in [0.5, 0.6) is 17.2 Å². The summed E-state index contributed by atoms with van der Waals surface area (Å²) in [5.41, 5.74) is 19.9. The summed E-state index contributed by atoms with van der Waals surface area (Å²) in [7, 11) is 6.91. The van der Waals surface area contributed by atoms with Crippen molar-refractivity contribution in [2.75, 3.05) is 85.9 Å². The number of nitrogens with zero attached hydrogens (tertiary/aromatic N) is 1. The number of hydrogen-bond acceptors (Lipinski definition) is 22. The molecule has 15 rings (SSSR count). The fraction of sp³-hybridized carbons (Fsp3) is 0.195. The van der Waals surface area contributed by atoms with Crippen LogP contribution in [0.3, 0.4) is 0 Å². The molecule has 5 aliphatic heterocycles. The topological polar surface area (TPSA) is 320 Å². The van der Waals surface area contributed by atoms with Crippen LogP contribution in [0.1, 0.15) is 70.3 Å². The van der Waals surface area contributed by atoms with Gasteiger partial charge < -0.3 is 93.5 Å². The Labute approximate surface area is 799 Å². The quantitative estimate of drug-likeness (QED) is 0.0182. The Hall–Kier alpha value is -15.3. The van der Waals surface area contributed by atoms with Gasteiger partial charge in [-0.1, -0.05) is 209 Å². The van der Waals surface area contributed by atoms with Crippen LogP contribution < -0.4 is 19.1 Å². The summed E-state index contributed by atoms with van der Waals surface area (Å²) in [6.45, 7) is 17.9. The minimum atomic E-state index is -3.24. The lowest BCUT2D eigenvalue weighted by Crippen LogP contribution is -2.13. The monoisotopic (exact) mass is 1870 g/mol. The predicted molar refractivity (Wildman–Crippen MR) is 534 cm³/mol. The number of aryl methyl sites for hydroxylation is 5. The van der Waals surface area contributed by atoms with Crippen LogP contribution in [0.15, 0.2) is 414 Å². The van der Waals surface area contributed by atoms with Gasteiger partial charge in [0.1, 0.15) is 101 Å². The van der Waals surface area contributed by atoms with E-state index in [1.54, 1.807) is 44.6 Å². The van der Waals surface area contributed by atoms with Gasteiger partial charge in [0, 0.05) is 86.0 Å². The number of carbonyl (C=O) groups excluding carboxylic acids is 1. The van der Waals surface area contributed by atoms with E-state index in [1.807, 2.05) is 154 Å². The number of ether oxygens (including phenoxy) is 9. The molecule has 0 aliphatic carbocycles. The maximum atomic E-state index is 13.9. The highest BCUT2D eigenvalue weighted by Gasteiger charge is 2.25. The zero-order valence-corrected chi connectivity index (χ0v) is 78.5. The number of anilines is 1. The number of allylic oxidation sites excluding steroid dienone is 10. The molecule has 0 atom stereocenters. The van der Waals surface area contributed by atoms with Crippen LogP contribution in [-0.4, -0.2) is 141 Å². The standard InChI is InChI=1S/C23H25NO3.C23H24O5S.C23H22O5.C22H21FO4.C22H22O4/c1-16-14-21(15-25)27-22(23(16)26)13-6-17-4-7-18(8-5-17)19-9-11-20(12-10-19)24(2)3;1-16-14-21(15-29(3,25)26)28-22(23(16)24)13-6-17-4-7-18(8-5-17)19-9-11-20(27-2)12-10-19;1-15-13-20(14-24)28-21(22(15)25)12-5-16-3-6-17(7-4-16)18-8-10-19(11-9-18)23(26)27-2;1-14-11-18(13-24)27-21(22(14)25)9-5-15-3-6-16(7-4-15)17-8-10-20(26-2)19(23)12-17;1-15-13-20(14-23)26-21(22(15)24)12-5-16-3-6-17(7-4-16)18-8-10-19(25-2)11-9-18/h4-5,7-12,14,25-26H,1,6,13,15H2,2-3H3;4-5,7-12,14,24H,1,6,13,15H2,2-3H3;3-4,6-11,13,24-25H,1,5,12,14H2,2H3;3-4,6-8,10-12,24-25H,1,5,9,13H2,2H3;3-4,6-11,13,23-24H,1,5,12,14H2,2H3. The molecule has 0 amide bonds. The Kier molecular flexibility index (Phi) is 36.6. The first-order chi connectivity index (χ1) is 65.8. The van der Waals surface area contributed by atoms with E-state index in [0.717, 1.165) is 96.5 Å². The van der Waals surface area contributed by atoms with Crippen molar-refractivity contribution in [3.05, 3.63) is 453 Å². The third-order valence-electron chi connectivity index (χ3n) is 22.5. The first-order valence-corrected chi connectivity index (χ1v) is 46.1. The summed E-state index contributed by atoms with van der Waals surface area (Å²) in [5.74, 6) is 4.90. The molecule has 710 valence electrons. The maximum Gasteiger partial charge on any atom is 0.337 e. The lowest BCUT2D eigenvalue weighted by molar-refractivity contribution is 0.0600. The van der Waals surface area contributed by atoms with E-state index in [2.05, 4.69) is 111 Å². The lowest BCUT2D eigenvalue weighted by atomic mass is 10.00. The Morgan fingerprint density at radius 3 is 0.796 bits per heavy atom. The number of halogens is 1. The maximum absolute atomic E-state index is 13.9. The van der Waals surface area contributed by atoms with Gasteiger partial charge in [-0.2, -0.15) is 0 Å². The molecule has 24 heteroatoms. The van der Waals surface area contributed by atoms with Crippen molar-refractivity contribution in [2.24, 2.45) is 0 Å². The SMILES string of the molecule is C=C1C=C(CO)OC(CCc2ccc(-c3ccc(C(=O)OC)cc3)cc2)=C1O.C=C1C=C(CO)OC(CCc2ccc(-c3ccc(N(C)C)cc3)cc2)=C1O.C=C1C=C(CO)OC(CCc2ccc(-c3ccc(OC)c(F)c3)cc2)=C1O.C=C1C=C(CO)OC(CCc2ccc(-c3ccc(OC)cc3)cc2)=C1O.C=C1C=C(CS(C)(=O)=O)OC(CCc2ccc(-c3ccc(OC)cc3)cc2)=C1O. The molecule has 5 heterocycles. The number of aliphatic hydroxyl groups is 9. The second-order valence-electron chi connectivity index (χ2n) is 32.6. The van der Waals surface area contributed by atoms with Gasteiger partial charge in [0.25, 0.3) is 0 Å². The molecular formula is C113H114FNO21S. The second kappa shape index (κ2) is 49.1. The third kappa shape index (κ3) is 29.1. The molecule has 0 unspecified atom stereocenters. The molecule has 0 bridgehead atoms. The highest BCUT2D eigenvalue weighted by molar-refractivity contribution is 7.90. The van der Waals surface area contributed by atoms with E-state index < -0.39 is 15.7 Å². The number of benzene rings is 10. The van der Waals surface area contributed by atoms with E-state index in [0.29, 0.717) is 143 Å². The molecule has 0 fully saturated rings.